The number of methoxy groups -OCH3 is 1. The average molecular weight is 263 g/mol. The molecule has 3 nitrogen and oxygen atoms in total. The third-order valence-corrected chi connectivity index (χ3v) is 2.52. The molecule has 0 aromatic heterocycles. The number of benzene rings is 1. The van der Waals surface area contributed by atoms with Crippen LogP contribution in [0.15, 0.2) is 24.3 Å². The molecular weight excluding hydrogens is 247 g/mol. The summed E-state index contributed by atoms with van der Waals surface area (Å²) in [4.78, 5) is 0. The molecule has 1 aromatic rings. The van der Waals surface area contributed by atoms with Gasteiger partial charge in [0.25, 0.3) is 0 Å². The predicted octanol–water partition coefficient (Wildman–Crippen LogP) is 2.66. The number of rotatable bonds is 5. The molecule has 0 radical (unpaired) electrons. The van der Waals surface area contributed by atoms with E-state index < -0.39 is 24.9 Å². The second-order valence-electron chi connectivity index (χ2n) is 3.93. The van der Waals surface area contributed by atoms with E-state index in [1.54, 1.807) is 24.3 Å². The maximum absolute atomic E-state index is 12.0. The van der Waals surface area contributed by atoms with Gasteiger partial charge in [-0.15, -0.1) is 0 Å². The lowest BCUT2D eigenvalue weighted by Gasteiger charge is -2.21. The highest BCUT2D eigenvalue weighted by molar-refractivity contribution is 5.29. The summed E-state index contributed by atoms with van der Waals surface area (Å²) in [5.74, 6) is 0.662. The van der Waals surface area contributed by atoms with Crippen molar-refractivity contribution in [3.05, 3.63) is 29.8 Å². The third-order valence-electron chi connectivity index (χ3n) is 2.52. The molecule has 0 heterocycles. The van der Waals surface area contributed by atoms with Gasteiger partial charge in [-0.2, -0.15) is 13.2 Å². The number of hydrogen-bond acceptors (Lipinski definition) is 3. The summed E-state index contributed by atoms with van der Waals surface area (Å²) in [5.41, 5.74) is 6.53. The lowest BCUT2D eigenvalue weighted by Crippen LogP contribution is -2.30. The van der Waals surface area contributed by atoms with Crippen molar-refractivity contribution in [1.29, 1.82) is 0 Å². The molecule has 0 aliphatic carbocycles. The molecule has 0 fully saturated rings. The van der Waals surface area contributed by atoms with E-state index in [-0.39, 0.29) is 0 Å². The average Bonchev–Trinajstić information content (AvgIpc) is 2.34. The molecule has 0 amide bonds. The van der Waals surface area contributed by atoms with Crippen molar-refractivity contribution in [3.8, 4) is 5.75 Å². The van der Waals surface area contributed by atoms with Gasteiger partial charge in [-0.1, -0.05) is 12.1 Å². The van der Waals surface area contributed by atoms with E-state index in [0.717, 1.165) is 0 Å². The minimum absolute atomic E-state index is 0.613. The number of halogens is 3. The van der Waals surface area contributed by atoms with Crippen molar-refractivity contribution in [2.45, 2.75) is 25.2 Å². The SMILES string of the molecule is COc1ccc(C(N)C(C)OCC(F)(F)F)cc1. The number of alkyl halides is 3. The van der Waals surface area contributed by atoms with Gasteiger partial charge in [-0.25, -0.2) is 0 Å². The van der Waals surface area contributed by atoms with Crippen molar-refractivity contribution in [1.82, 2.24) is 0 Å². The molecule has 6 heteroatoms. The Hall–Kier alpha value is -1.27. The quantitative estimate of drug-likeness (QED) is 0.888. The maximum atomic E-state index is 12.0. The van der Waals surface area contributed by atoms with Crippen LogP contribution in [-0.4, -0.2) is 26.0 Å². The largest absolute Gasteiger partial charge is 0.497 e. The highest BCUT2D eigenvalue weighted by atomic mass is 19.4. The van der Waals surface area contributed by atoms with Gasteiger partial charge in [0, 0.05) is 0 Å². The van der Waals surface area contributed by atoms with E-state index >= 15 is 0 Å². The number of nitrogens with two attached hydrogens (primary N) is 1. The first-order valence-electron chi connectivity index (χ1n) is 5.41. The van der Waals surface area contributed by atoms with Crippen LogP contribution in [0, 0.1) is 0 Å². The van der Waals surface area contributed by atoms with Gasteiger partial charge in [0.2, 0.25) is 0 Å². The standard InChI is InChI=1S/C12H16F3NO2/c1-8(18-7-12(13,14)15)11(16)9-3-5-10(17-2)6-4-9/h3-6,8,11H,7,16H2,1-2H3. The Balaban J connectivity index is 2.59. The molecule has 0 saturated carbocycles. The zero-order valence-electron chi connectivity index (χ0n) is 10.2. The van der Waals surface area contributed by atoms with Crippen molar-refractivity contribution < 1.29 is 22.6 Å². The number of ether oxygens (including phenoxy) is 2. The van der Waals surface area contributed by atoms with E-state index in [0.29, 0.717) is 11.3 Å². The minimum atomic E-state index is -4.34. The molecule has 0 bridgehead atoms. The van der Waals surface area contributed by atoms with Gasteiger partial charge >= 0.3 is 6.18 Å². The highest BCUT2D eigenvalue weighted by Crippen LogP contribution is 2.22. The fourth-order valence-corrected chi connectivity index (χ4v) is 1.43. The molecule has 0 aliphatic heterocycles. The molecule has 0 saturated heterocycles. The maximum Gasteiger partial charge on any atom is 0.411 e. The molecule has 0 aliphatic rings. The van der Waals surface area contributed by atoms with Crippen LogP contribution in [-0.2, 0) is 4.74 Å². The van der Waals surface area contributed by atoms with Crippen LogP contribution in [0.3, 0.4) is 0 Å². The lowest BCUT2D eigenvalue weighted by molar-refractivity contribution is -0.185. The number of hydrogen-bond donors (Lipinski definition) is 1. The second kappa shape index (κ2) is 6.06. The van der Waals surface area contributed by atoms with Crippen molar-refractivity contribution in [2.24, 2.45) is 5.73 Å². The molecule has 1 aromatic carbocycles. The monoisotopic (exact) mass is 263 g/mol. The topological polar surface area (TPSA) is 44.5 Å². The van der Waals surface area contributed by atoms with Crippen LogP contribution >= 0.6 is 0 Å². The summed E-state index contributed by atoms with van der Waals surface area (Å²) in [6.07, 6.45) is -5.06. The Morgan fingerprint density at radius 1 is 1.22 bits per heavy atom. The minimum Gasteiger partial charge on any atom is -0.497 e. The third kappa shape index (κ3) is 4.54. The zero-order valence-corrected chi connectivity index (χ0v) is 10.2. The van der Waals surface area contributed by atoms with Crippen LogP contribution in [0.5, 0.6) is 5.75 Å². The fourth-order valence-electron chi connectivity index (χ4n) is 1.43. The highest BCUT2D eigenvalue weighted by Gasteiger charge is 2.29. The Morgan fingerprint density at radius 2 is 1.78 bits per heavy atom. The zero-order chi connectivity index (χ0) is 13.8. The van der Waals surface area contributed by atoms with Gasteiger partial charge in [0.15, 0.2) is 0 Å². The van der Waals surface area contributed by atoms with Crippen LogP contribution in [0.4, 0.5) is 13.2 Å². The van der Waals surface area contributed by atoms with Crippen LogP contribution in [0.1, 0.15) is 18.5 Å². The summed E-state index contributed by atoms with van der Waals surface area (Å²) in [7, 11) is 1.53. The van der Waals surface area contributed by atoms with Gasteiger partial charge < -0.3 is 15.2 Å². The van der Waals surface area contributed by atoms with E-state index in [4.69, 9.17) is 15.2 Å². The van der Waals surface area contributed by atoms with E-state index in [1.165, 1.54) is 14.0 Å². The first-order valence-corrected chi connectivity index (χ1v) is 5.41. The summed E-state index contributed by atoms with van der Waals surface area (Å²) < 4.78 is 45.7. The Kier molecular flexibility index (Phi) is 4.98. The summed E-state index contributed by atoms with van der Waals surface area (Å²) in [6, 6.07) is 6.20. The summed E-state index contributed by atoms with van der Waals surface area (Å²) >= 11 is 0. The van der Waals surface area contributed by atoms with Gasteiger partial charge in [0.05, 0.1) is 19.3 Å². The summed E-state index contributed by atoms with van der Waals surface area (Å²) in [5, 5.41) is 0. The Morgan fingerprint density at radius 3 is 2.22 bits per heavy atom. The first kappa shape index (κ1) is 14.8. The molecule has 1 rings (SSSR count). The fraction of sp³-hybridized carbons (Fsp3) is 0.500. The van der Waals surface area contributed by atoms with Crippen molar-refractivity contribution >= 4 is 0 Å². The van der Waals surface area contributed by atoms with Crippen LogP contribution < -0.4 is 10.5 Å². The lowest BCUT2D eigenvalue weighted by atomic mass is 10.0. The van der Waals surface area contributed by atoms with Crippen molar-refractivity contribution in [2.75, 3.05) is 13.7 Å². The van der Waals surface area contributed by atoms with E-state index in [1.807, 2.05) is 0 Å². The summed E-state index contributed by atoms with van der Waals surface area (Å²) in [6.45, 7) is 0.221. The molecule has 2 atom stereocenters. The van der Waals surface area contributed by atoms with E-state index in [2.05, 4.69) is 0 Å². The van der Waals surface area contributed by atoms with Gasteiger partial charge in [0.1, 0.15) is 12.4 Å². The molecule has 18 heavy (non-hydrogen) atoms. The van der Waals surface area contributed by atoms with Crippen molar-refractivity contribution in [3.63, 3.8) is 0 Å². The molecule has 2 N–H and O–H groups in total. The smallest absolute Gasteiger partial charge is 0.411 e. The molecule has 0 spiro atoms. The van der Waals surface area contributed by atoms with E-state index in [9.17, 15) is 13.2 Å². The van der Waals surface area contributed by atoms with Gasteiger partial charge in [-0.3, -0.25) is 0 Å². The molecule has 2 unspecified atom stereocenters. The first-order chi connectivity index (χ1) is 8.33. The molecular formula is C12H16F3NO2. The van der Waals surface area contributed by atoms with Crippen LogP contribution in [0.25, 0.3) is 0 Å². The Labute approximate surface area is 104 Å². The predicted molar refractivity (Wildman–Crippen MR) is 61.4 cm³/mol. The molecule has 102 valence electrons. The Bertz CT molecular complexity index is 365. The van der Waals surface area contributed by atoms with Gasteiger partial charge in [-0.05, 0) is 24.6 Å². The second-order valence-corrected chi connectivity index (χ2v) is 3.93. The van der Waals surface area contributed by atoms with Crippen LogP contribution in [0.2, 0.25) is 0 Å². The normalized spacial score (nSPS) is 15.2.